The molecule has 6 heteroatoms. The molecule has 0 saturated heterocycles. The van der Waals surface area contributed by atoms with Crippen molar-refractivity contribution >= 4 is 33.4 Å². The van der Waals surface area contributed by atoms with Crippen LogP contribution in [0.4, 0.5) is 11.5 Å². The molecule has 0 atom stereocenters. The Morgan fingerprint density at radius 1 is 1.32 bits per heavy atom. The van der Waals surface area contributed by atoms with Crippen molar-refractivity contribution in [2.45, 2.75) is 6.54 Å². The van der Waals surface area contributed by atoms with Crippen LogP contribution in [0.1, 0.15) is 15.9 Å². The van der Waals surface area contributed by atoms with Crippen molar-refractivity contribution in [1.82, 2.24) is 4.98 Å². The van der Waals surface area contributed by atoms with Gasteiger partial charge in [0.1, 0.15) is 5.82 Å². The molecule has 0 saturated carbocycles. The number of anilines is 2. The first-order valence-corrected chi connectivity index (χ1v) is 6.33. The van der Waals surface area contributed by atoms with Gasteiger partial charge in [0.25, 0.3) is 0 Å². The number of nitrogens with zero attached hydrogens (tertiary/aromatic N) is 1. The highest BCUT2D eigenvalue weighted by molar-refractivity contribution is 9.10. The van der Waals surface area contributed by atoms with Gasteiger partial charge in [0.15, 0.2) is 0 Å². The molecule has 0 fully saturated rings. The molecule has 1 heterocycles. The van der Waals surface area contributed by atoms with E-state index in [1.807, 2.05) is 24.3 Å². The molecule has 1 aromatic heterocycles. The van der Waals surface area contributed by atoms with E-state index < -0.39 is 5.97 Å². The minimum Gasteiger partial charge on any atom is -0.478 e. The smallest absolute Gasteiger partial charge is 0.337 e. The van der Waals surface area contributed by atoms with Crippen LogP contribution in [0.2, 0.25) is 0 Å². The molecule has 0 bridgehead atoms. The Balaban J connectivity index is 2.13. The van der Waals surface area contributed by atoms with Crippen LogP contribution >= 0.6 is 15.9 Å². The van der Waals surface area contributed by atoms with Crippen molar-refractivity contribution in [1.29, 1.82) is 0 Å². The van der Waals surface area contributed by atoms with E-state index in [0.29, 0.717) is 12.4 Å². The summed E-state index contributed by atoms with van der Waals surface area (Å²) in [4.78, 5) is 15.0. The number of hydrogen-bond donors (Lipinski definition) is 3. The third-order valence-electron chi connectivity index (χ3n) is 2.59. The number of nitrogens with two attached hydrogens (primary N) is 1. The average Bonchev–Trinajstić information content (AvgIpc) is 2.39. The largest absolute Gasteiger partial charge is 0.478 e. The third kappa shape index (κ3) is 3.23. The molecule has 0 aliphatic heterocycles. The van der Waals surface area contributed by atoms with Gasteiger partial charge in [-0.25, -0.2) is 9.78 Å². The van der Waals surface area contributed by atoms with Gasteiger partial charge in [-0.05, 0) is 23.8 Å². The predicted octanol–water partition coefficient (Wildman–Crippen LogP) is 2.74. The van der Waals surface area contributed by atoms with Crippen molar-refractivity contribution in [2.75, 3.05) is 11.1 Å². The summed E-state index contributed by atoms with van der Waals surface area (Å²) in [7, 11) is 0. The highest BCUT2D eigenvalue weighted by Crippen LogP contribution is 2.20. The fraction of sp³-hybridized carbons (Fsp3) is 0.0769. The molecule has 2 rings (SSSR count). The molecule has 4 N–H and O–H groups in total. The minimum absolute atomic E-state index is 0.0494. The summed E-state index contributed by atoms with van der Waals surface area (Å²) in [6.45, 7) is 0.521. The lowest BCUT2D eigenvalue weighted by molar-refractivity contribution is 0.0698. The number of carboxylic acid groups (broad SMARTS) is 1. The summed E-state index contributed by atoms with van der Waals surface area (Å²) >= 11 is 3.36. The molecule has 2 aromatic rings. The first-order chi connectivity index (χ1) is 9.08. The number of carbonyl (C=O) groups is 1. The molecule has 0 spiro atoms. The van der Waals surface area contributed by atoms with Crippen LogP contribution in [0, 0.1) is 0 Å². The zero-order valence-corrected chi connectivity index (χ0v) is 11.5. The highest BCUT2D eigenvalue weighted by Gasteiger charge is 2.11. The SMILES string of the molecule is Nc1c(C(=O)O)ccnc1NCc1ccc(Br)cc1. The number of aromatic nitrogens is 1. The van der Waals surface area contributed by atoms with Crippen molar-refractivity contribution in [3.05, 3.63) is 52.1 Å². The van der Waals surface area contributed by atoms with E-state index in [1.54, 1.807) is 0 Å². The number of pyridine rings is 1. The Labute approximate surface area is 118 Å². The summed E-state index contributed by atoms with van der Waals surface area (Å²) in [5.41, 5.74) is 7.00. The zero-order valence-electron chi connectivity index (χ0n) is 9.93. The van der Waals surface area contributed by atoms with Crippen molar-refractivity contribution in [2.24, 2.45) is 0 Å². The van der Waals surface area contributed by atoms with E-state index >= 15 is 0 Å². The lowest BCUT2D eigenvalue weighted by atomic mass is 10.2. The van der Waals surface area contributed by atoms with Crippen molar-refractivity contribution in [3.63, 3.8) is 0 Å². The van der Waals surface area contributed by atoms with Crippen LogP contribution < -0.4 is 11.1 Å². The second-order valence-electron chi connectivity index (χ2n) is 3.91. The molecule has 1 aromatic carbocycles. The standard InChI is InChI=1S/C13H12BrN3O2/c14-9-3-1-8(2-4-9)7-17-12-11(15)10(13(18)19)5-6-16-12/h1-6H,7,15H2,(H,16,17)(H,18,19). The molecular formula is C13H12BrN3O2. The molecular weight excluding hydrogens is 310 g/mol. The second kappa shape index (κ2) is 5.71. The summed E-state index contributed by atoms with van der Waals surface area (Å²) in [6.07, 6.45) is 1.42. The van der Waals surface area contributed by atoms with Gasteiger partial charge in [-0.15, -0.1) is 0 Å². The fourth-order valence-corrected chi connectivity index (χ4v) is 1.85. The molecule has 98 valence electrons. The number of rotatable bonds is 4. The number of aromatic carboxylic acids is 1. The van der Waals surface area contributed by atoms with Gasteiger partial charge in [-0.3, -0.25) is 0 Å². The minimum atomic E-state index is -1.06. The van der Waals surface area contributed by atoms with Gasteiger partial charge >= 0.3 is 5.97 Å². The van der Waals surface area contributed by atoms with E-state index in [9.17, 15) is 4.79 Å². The van der Waals surface area contributed by atoms with Crippen LogP contribution in [0.5, 0.6) is 0 Å². The summed E-state index contributed by atoms with van der Waals surface area (Å²) in [5, 5.41) is 12.0. The molecule has 0 unspecified atom stereocenters. The van der Waals surface area contributed by atoms with E-state index in [4.69, 9.17) is 10.8 Å². The number of halogens is 1. The van der Waals surface area contributed by atoms with Crippen LogP contribution in [-0.4, -0.2) is 16.1 Å². The highest BCUT2D eigenvalue weighted by atomic mass is 79.9. The molecule has 0 aliphatic carbocycles. The number of hydrogen-bond acceptors (Lipinski definition) is 4. The van der Waals surface area contributed by atoms with Crippen LogP contribution in [0.3, 0.4) is 0 Å². The summed E-state index contributed by atoms with van der Waals surface area (Å²) < 4.78 is 1.00. The van der Waals surface area contributed by atoms with Gasteiger partial charge in [0.2, 0.25) is 0 Å². The summed E-state index contributed by atoms with van der Waals surface area (Å²) in [5.74, 6) is -0.686. The average molecular weight is 322 g/mol. The van der Waals surface area contributed by atoms with E-state index in [-0.39, 0.29) is 11.3 Å². The van der Waals surface area contributed by atoms with Crippen molar-refractivity contribution < 1.29 is 9.90 Å². The lowest BCUT2D eigenvalue weighted by Gasteiger charge is -2.10. The van der Waals surface area contributed by atoms with Crippen molar-refractivity contribution in [3.8, 4) is 0 Å². The molecule has 0 radical (unpaired) electrons. The van der Waals surface area contributed by atoms with Gasteiger partial charge < -0.3 is 16.2 Å². The third-order valence-corrected chi connectivity index (χ3v) is 3.12. The quantitative estimate of drug-likeness (QED) is 0.805. The Bertz CT molecular complexity index is 599. The first kappa shape index (κ1) is 13.4. The van der Waals surface area contributed by atoms with E-state index in [1.165, 1.54) is 12.3 Å². The van der Waals surface area contributed by atoms with Crippen LogP contribution in [0.15, 0.2) is 41.0 Å². The Morgan fingerprint density at radius 2 is 2.00 bits per heavy atom. The molecule has 0 aliphatic rings. The van der Waals surface area contributed by atoms with Crippen LogP contribution in [-0.2, 0) is 6.54 Å². The normalized spacial score (nSPS) is 10.2. The zero-order chi connectivity index (χ0) is 13.8. The Morgan fingerprint density at radius 3 is 2.63 bits per heavy atom. The number of benzene rings is 1. The molecule has 0 amide bonds. The Hall–Kier alpha value is -2.08. The molecule has 5 nitrogen and oxygen atoms in total. The maximum Gasteiger partial charge on any atom is 0.337 e. The predicted molar refractivity (Wildman–Crippen MR) is 77.1 cm³/mol. The summed E-state index contributed by atoms with van der Waals surface area (Å²) in [6, 6.07) is 9.15. The fourth-order valence-electron chi connectivity index (χ4n) is 1.59. The number of nitrogens with one attached hydrogen (secondary N) is 1. The van der Waals surface area contributed by atoms with Gasteiger partial charge in [-0.1, -0.05) is 28.1 Å². The lowest BCUT2D eigenvalue weighted by Crippen LogP contribution is -2.09. The first-order valence-electron chi connectivity index (χ1n) is 5.54. The maximum atomic E-state index is 10.9. The van der Waals surface area contributed by atoms with E-state index in [2.05, 4.69) is 26.2 Å². The van der Waals surface area contributed by atoms with Gasteiger partial charge in [0.05, 0.1) is 11.3 Å². The maximum absolute atomic E-state index is 10.9. The van der Waals surface area contributed by atoms with Gasteiger partial charge in [0, 0.05) is 17.2 Å². The number of nitrogen functional groups attached to an aromatic ring is 1. The second-order valence-corrected chi connectivity index (χ2v) is 4.82. The van der Waals surface area contributed by atoms with Crippen LogP contribution in [0.25, 0.3) is 0 Å². The van der Waals surface area contributed by atoms with Gasteiger partial charge in [-0.2, -0.15) is 0 Å². The monoisotopic (exact) mass is 321 g/mol. The van der Waals surface area contributed by atoms with E-state index in [0.717, 1.165) is 10.0 Å². The molecule has 19 heavy (non-hydrogen) atoms. The number of carboxylic acids is 1. The Kier molecular flexibility index (Phi) is 4.01. The topological polar surface area (TPSA) is 88.2 Å².